The molecule has 74 valence electrons. The predicted octanol–water partition coefficient (Wildman–Crippen LogP) is 1.39. The molecular formula is C10H13N3O. The average Bonchev–Trinajstić information content (AvgIpc) is 2.20. The molecule has 1 heterocycles. The fraction of sp³-hybridized carbons (Fsp3) is 0.400. The van der Waals surface area contributed by atoms with Crippen molar-refractivity contribution in [1.29, 1.82) is 5.26 Å². The van der Waals surface area contributed by atoms with E-state index in [4.69, 9.17) is 15.7 Å². The monoisotopic (exact) mass is 191 g/mol. The third kappa shape index (κ3) is 2.71. The molecule has 0 radical (unpaired) electrons. The van der Waals surface area contributed by atoms with Crippen LogP contribution in [-0.2, 0) is 0 Å². The zero-order valence-corrected chi connectivity index (χ0v) is 8.10. The van der Waals surface area contributed by atoms with Crippen LogP contribution in [0.2, 0.25) is 0 Å². The molecule has 1 rings (SSSR count). The topological polar surface area (TPSA) is 71.9 Å². The van der Waals surface area contributed by atoms with Crippen molar-refractivity contribution in [2.75, 3.05) is 6.61 Å². The van der Waals surface area contributed by atoms with Crippen LogP contribution in [0.15, 0.2) is 18.3 Å². The molecular weight excluding hydrogens is 178 g/mol. The molecule has 0 aliphatic heterocycles. The maximum Gasteiger partial charge on any atom is 0.213 e. The first kappa shape index (κ1) is 10.5. The van der Waals surface area contributed by atoms with Crippen LogP contribution in [0.1, 0.15) is 24.9 Å². The molecule has 1 aromatic rings. The molecule has 2 N–H and O–H groups in total. The summed E-state index contributed by atoms with van der Waals surface area (Å²) < 4.78 is 5.18. The van der Waals surface area contributed by atoms with Gasteiger partial charge in [0.2, 0.25) is 5.88 Å². The van der Waals surface area contributed by atoms with E-state index in [2.05, 4.69) is 4.98 Å². The van der Waals surface area contributed by atoms with Gasteiger partial charge in [0.05, 0.1) is 19.1 Å². The minimum atomic E-state index is -0.261. The summed E-state index contributed by atoms with van der Waals surface area (Å²) in [5.41, 5.74) is 6.58. The molecule has 0 spiro atoms. The first-order chi connectivity index (χ1) is 6.77. The van der Waals surface area contributed by atoms with Gasteiger partial charge in [0.25, 0.3) is 0 Å². The Balaban J connectivity index is 2.68. The molecule has 0 aromatic carbocycles. The van der Waals surface area contributed by atoms with E-state index >= 15 is 0 Å². The fourth-order valence-corrected chi connectivity index (χ4v) is 1.06. The molecule has 0 amide bonds. The molecule has 0 saturated heterocycles. The van der Waals surface area contributed by atoms with E-state index in [0.29, 0.717) is 18.9 Å². The van der Waals surface area contributed by atoms with Crippen LogP contribution in [0.25, 0.3) is 0 Å². The van der Waals surface area contributed by atoms with Gasteiger partial charge in [0, 0.05) is 18.3 Å². The number of nitriles is 1. The van der Waals surface area contributed by atoms with Gasteiger partial charge >= 0.3 is 0 Å². The third-order valence-corrected chi connectivity index (χ3v) is 1.79. The van der Waals surface area contributed by atoms with Crippen LogP contribution < -0.4 is 10.5 Å². The van der Waals surface area contributed by atoms with Crippen molar-refractivity contribution in [1.82, 2.24) is 4.98 Å². The van der Waals surface area contributed by atoms with Crippen LogP contribution in [0.3, 0.4) is 0 Å². The summed E-state index contributed by atoms with van der Waals surface area (Å²) >= 11 is 0. The molecule has 0 aliphatic rings. The summed E-state index contributed by atoms with van der Waals surface area (Å²) in [5.74, 6) is 0.584. The smallest absolute Gasteiger partial charge is 0.213 e. The van der Waals surface area contributed by atoms with E-state index in [-0.39, 0.29) is 6.04 Å². The molecule has 0 bridgehead atoms. The zero-order valence-electron chi connectivity index (χ0n) is 8.10. The molecule has 0 unspecified atom stereocenters. The Morgan fingerprint density at radius 2 is 2.43 bits per heavy atom. The van der Waals surface area contributed by atoms with Gasteiger partial charge in [-0.2, -0.15) is 5.26 Å². The second-order valence-electron chi connectivity index (χ2n) is 2.83. The Morgan fingerprint density at radius 1 is 1.64 bits per heavy atom. The molecule has 0 aliphatic carbocycles. The van der Waals surface area contributed by atoms with Crippen molar-refractivity contribution < 1.29 is 4.74 Å². The standard InChI is InChI=1S/C10H13N3O/c1-2-14-10-4-3-8(7-13-10)9(12)5-6-11/h3-4,7,9H,2,5,12H2,1H3/t9-/m1/s1. The molecule has 0 saturated carbocycles. The van der Waals surface area contributed by atoms with Crippen LogP contribution in [0.5, 0.6) is 5.88 Å². The maximum atomic E-state index is 8.46. The Labute approximate surface area is 83.3 Å². The molecule has 14 heavy (non-hydrogen) atoms. The van der Waals surface area contributed by atoms with Gasteiger partial charge in [-0.1, -0.05) is 6.07 Å². The molecule has 1 aromatic heterocycles. The van der Waals surface area contributed by atoms with Gasteiger partial charge in [-0.3, -0.25) is 0 Å². The summed E-state index contributed by atoms with van der Waals surface area (Å²) in [5, 5.41) is 8.46. The second-order valence-corrected chi connectivity index (χ2v) is 2.83. The quantitative estimate of drug-likeness (QED) is 0.780. The number of hydrogen-bond donors (Lipinski definition) is 1. The second kappa shape index (κ2) is 5.20. The van der Waals surface area contributed by atoms with Gasteiger partial charge in [0.1, 0.15) is 0 Å². The number of hydrogen-bond acceptors (Lipinski definition) is 4. The SMILES string of the molecule is CCOc1ccc([C@H](N)CC#N)cn1. The Kier molecular flexibility index (Phi) is 3.89. The van der Waals surface area contributed by atoms with E-state index in [1.807, 2.05) is 19.1 Å². The van der Waals surface area contributed by atoms with Crippen molar-refractivity contribution >= 4 is 0 Å². The van der Waals surface area contributed by atoms with E-state index in [1.54, 1.807) is 12.3 Å². The lowest BCUT2D eigenvalue weighted by molar-refractivity contribution is 0.326. The number of rotatable bonds is 4. The van der Waals surface area contributed by atoms with Gasteiger partial charge in [-0.05, 0) is 12.5 Å². The van der Waals surface area contributed by atoms with Gasteiger partial charge in [-0.25, -0.2) is 4.98 Å². The Bertz CT molecular complexity index is 315. The van der Waals surface area contributed by atoms with Crippen LogP contribution in [-0.4, -0.2) is 11.6 Å². The van der Waals surface area contributed by atoms with Crippen LogP contribution >= 0.6 is 0 Å². The van der Waals surface area contributed by atoms with Crippen molar-refractivity contribution in [2.45, 2.75) is 19.4 Å². The number of nitrogens with two attached hydrogens (primary N) is 1. The fourth-order valence-electron chi connectivity index (χ4n) is 1.06. The highest BCUT2D eigenvalue weighted by molar-refractivity contribution is 5.21. The van der Waals surface area contributed by atoms with Crippen molar-refractivity contribution in [3.05, 3.63) is 23.9 Å². The average molecular weight is 191 g/mol. The lowest BCUT2D eigenvalue weighted by Crippen LogP contribution is -2.09. The molecule has 0 fully saturated rings. The Morgan fingerprint density at radius 3 is 2.93 bits per heavy atom. The zero-order chi connectivity index (χ0) is 10.4. The lowest BCUT2D eigenvalue weighted by Gasteiger charge is -2.07. The van der Waals surface area contributed by atoms with E-state index in [9.17, 15) is 0 Å². The van der Waals surface area contributed by atoms with Crippen LogP contribution in [0.4, 0.5) is 0 Å². The van der Waals surface area contributed by atoms with E-state index in [0.717, 1.165) is 5.56 Å². The Hall–Kier alpha value is -1.60. The summed E-state index contributed by atoms with van der Waals surface area (Å²) in [6, 6.07) is 5.35. The molecule has 4 heteroatoms. The minimum Gasteiger partial charge on any atom is -0.478 e. The predicted molar refractivity (Wildman–Crippen MR) is 52.6 cm³/mol. The third-order valence-electron chi connectivity index (χ3n) is 1.79. The summed E-state index contributed by atoms with van der Waals surface area (Å²) in [6.45, 7) is 2.49. The number of nitrogens with zero attached hydrogens (tertiary/aromatic N) is 2. The highest BCUT2D eigenvalue weighted by Gasteiger charge is 2.05. The van der Waals surface area contributed by atoms with Gasteiger partial charge < -0.3 is 10.5 Å². The first-order valence-electron chi connectivity index (χ1n) is 4.49. The summed E-state index contributed by atoms with van der Waals surface area (Å²) in [4.78, 5) is 4.06. The van der Waals surface area contributed by atoms with Gasteiger partial charge in [-0.15, -0.1) is 0 Å². The van der Waals surface area contributed by atoms with Crippen LogP contribution in [0, 0.1) is 11.3 Å². The normalized spacial score (nSPS) is 11.8. The molecule has 4 nitrogen and oxygen atoms in total. The number of aromatic nitrogens is 1. The maximum absolute atomic E-state index is 8.46. The van der Waals surface area contributed by atoms with Crippen molar-refractivity contribution in [2.24, 2.45) is 5.73 Å². The molecule has 1 atom stereocenters. The van der Waals surface area contributed by atoms with E-state index in [1.165, 1.54) is 0 Å². The number of pyridine rings is 1. The highest BCUT2D eigenvalue weighted by Crippen LogP contribution is 2.14. The van der Waals surface area contributed by atoms with E-state index < -0.39 is 0 Å². The number of ether oxygens (including phenoxy) is 1. The van der Waals surface area contributed by atoms with Crippen molar-refractivity contribution in [3.63, 3.8) is 0 Å². The van der Waals surface area contributed by atoms with Gasteiger partial charge in [0.15, 0.2) is 0 Å². The lowest BCUT2D eigenvalue weighted by atomic mass is 10.1. The summed E-state index contributed by atoms with van der Waals surface area (Å²) in [6.07, 6.45) is 1.95. The largest absolute Gasteiger partial charge is 0.478 e. The minimum absolute atomic E-state index is 0.261. The summed E-state index contributed by atoms with van der Waals surface area (Å²) in [7, 11) is 0. The highest BCUT2D eigenvalue weighted by atomic mass is 16.5. The first-order valence-corrected chi connectivity index (χ1v) is 4.49. The van der Waals surface area contributed by atoms with Crippen molar-refractivity contribution in [3.8, 4) is 11.9 Å².